The molecule has 0 spiro atoms. The number of aliphatic hydroxyl groups is 1. The molecule has 8 nitrogen and oxygen atoms in total. The monoisotopic (exact) mass is 523 g/mol. The Hall–Kier alpha value is -3.53. The minimum atomic E-state index is -4.60. The van der Waals surface area contributed by atoms with Gasteiger partial charge in [0.2, 0.25) is 0 Å². The summed E-state index contributed by atoms with van der Waals surface area (Å²) < 4.78 is 38.5. The number of alkyl halides is 3. The maximum Gasteiger partial charge on any atom is 0.417 e. The Morgan fingerprint density at radius 2 is 1.97 bits per heavy atom. The van der Waals surface area contributed by atoms with E-state index in [0.717, 1.165) is 29.5 Å². The number of benzene rings is 1. The standard InChI is InChI=1S/C22H17ClF3N5O3S/c1-12(30-19(33)17-9-13(28-11-29-17)4-2-3-7-32)21-27-10-18(35-21)20(34)31-14-5-6-15(16(23)8-14)22(24,25)26/h5-6,8-12,32H,3,7H2,1H3,(H,30,33)(H,31,34). The minimum absolute atomic E-state index is 0.0776. The summed E-state index contributed by atoms with van der Waals surface area (Å²) in [6.07, 6.45) is -1.84. The van der Waals surface area contributed by atoms with E-state index in [-0.39, 0.29) is 29.3 Å². The minimum Gasteiger partial charge on any atom is -0.395 e. The summed E-state index contributed by atoms with van der Waals surface area (Å²) in [6.45, 7) is 1.58. The highest BCUT2D eigenvalue weighted by Gasteiger charge is 2.33. The Balaban J connectivity index is 1.64. The first-order chi connectivity index (χ1) is 16.6. The van der Waals surface area contributed by atoms with E-state index in [2.05, 4.69) is 37.4 Å². The van der Waals surface area contributed by atoms with Crippen molar-refractivity contribution in [2.45, 2.75) is 25.6 Å². The Morgan fingerprint density at radius 3 is 2.66 bits per heavy atom. The number of thiazole rings is 1. The number of hydrogen-bond donors (Lipinski definition) is 3. The maximum atomic E-state index is 12.8. The van der Waals surface area contributed by atoms with Crippen LogP contribution >= 0.6 is 22.9 Å². The maximum absolute atomic E-state index is 12.8. The van der Waals surface area contributed by atoms with E-state index in [1.165, 1.54) is 18.6 Å². The number of nitrogens with one attached hydrogen (secondary N) is 2. The van der Waals surface area contributed by atoms with Crippen molar-refractivity contribution < 1.29 is 27.9 Å². The number of aromatic nitrogens is 3. The molecule has 3 rings (SSSR count). The molecule has 3 N–H and O–H groups in total. The second-order valence-electron chi connectivity index (χ2n) is 6.97. The van der Waals surface area contributed by atoms with Crippen LogP contribution in [0.5, 0.6) is 0 Å². The van der Waals surface area contributed by atoms with E-state index in [0.29, 0.717) is 10.7 Å². The van der Waals surface area contributed by atoms with Gasteiger partial charge in [0.25, 0.3) is 11.8 Å². The lowest BCUT2D eigenvalue weighted by atomic mass is 10.2. The molecule has 3 aromatic rings. The highest BCUT2D eigenvalue weighted by Crippen LogP contribution is 2.36. The van der Waals surface area contributed by atoms with E-state index in [9.17, 15) is 22.8 Å². The quantitative estimate of drug-likeness (QED) is 0.419. The smallest absolute Gasteiger partial charge is 0.395 e. The number of hydrogen-bond acceptors (Lipinski definition) is 7. The second kappa shape index (κ2) is 11.3. The van der Waals surface area contributed by atoms with Crippen LogP contribution < -0.4 is 10.6 Å². The van der Waals surface area contributed by atoms with Gasteiger partial charge in [0.1, 0.15) is 27.6 Å². The third kappa shape index (κ3) is 6.98. The van der Waals surface area contributed by atoms with Gasteiger partial charge in [-0.2, -0.15) is 13.2 Å². The van der Waals surface area contributed by atoms with Crippen molar-refractivity contribution in [3.05, 3.63) is 68.6 Å². The van der Waals surface area contributed by atoms with Gasteiger partial charge in [0.05, 0.1) is 29.4 Å². The van der Waals surface area contributed by atoms with Gasteiger partial charge >= 0.3 is 6.18 Å². The summed E-state index contributed by atoms with van der Waals surface area (Å²) in [7, 11) is 0. The van der Waals surface area contributed by atoms with Crippen LogP contribution in [0, 0.1) is 11.8 Å². The third-order valence-corrected chi connectivity index (χ3v) is 5.84. The number of carbonyl (C=O) groups is 2. The number of carbonyl (C=O) groups excluding carboxylic acids is 2. The molecule has 2 heterocycles. The lowest BCUT2D eigenvalue weighted by Gasteiger charge is -2.11. The van der Waals surface area contributed by atoms with Crippen molar-refractivity contribution in [3.63, 3.8) is 0 Å². The summed E-state index contributed by atoms with van der Waals surface area (Å²) in [5.74, 6) is 4.32. The molecule has 1 atom stereocenters. The van der Waals surface area contributed by atoms with Gasteiger partial charge < -0.3 is 15.7 Å². The molecule has 0 bridgehead atoms. The number of rotatable bonds is 6. The first-order valence-electron chi connectivity index (χ1n) is 9.95. The topological polar surface area (TPSA) is 117 Å². The highest BCUT2D eigenvalue weighted by molar-refractivity contribution is 7.13. The number of nitrogens with zero attached hydrogens (tertiary/aromatic N) is 3. The van der Waals surface area contributed by atoms with Crippen LogP contribution in [0.2, 0.25) is 5.02 Å². The van der Waals surface area contributed by atoms with Crippen molar-refractivity contribution in [2.24, 2.45) is 0 Å². The summed E-state index contributed by atoms with van der Waals surface area (Å²) in [4.78, 5) is 37.2. The molecular weight excluding hydrogens is 507 g/mol. The fourth-order valence-electron chi connectivity index (χ4n) is 2.70. The second-order valence-corrected chi connectivity index (χ2v) is 8.44. The first kappa shape index (κ1) is 26.1. The Kier molecular flexibility index (Phi) is 8.39. The van der Waals surface area contributed by atoms with Gasteiger partial charge in [-0.1, -0.05) is 17.5 Å². The molecule has 0 radical (unpaired) electrons. The molecule has 182 valence electrons. The molecule has 1 unspecified atom stereocenters. The molecular formula is C22H17ClF3N5O3S. The number of amides is 2. The van der Waals surface area contributed by atoms with Gasteiger partial charge in [-0.05, 0) is 31.0 Å². The first-order valence-corrected chi connectivity index (χ1v) is 11.1. The molecule has 2 amide bonds. The van der Waals surface area contributed by atoms with Crippen molar-refractivity contribution in [1.29, 1.82) is 0 Å². The van der Waals surface area contributed by atoms with Crippen LogP contribution in [-0.4, -0.2) is 38.5 Å². The lowest BCUT2D eigenvalue weighted by Crippen LogP contribution is -2.27. The molecule has 0 fully saturated rings. The van der Waals surface area contributed by atoms with Crippen LogP contribution in [0.15, 0.2) is 36.8 Å². The van der Waals surface area contributed by atoms with Crippen molar-refractivity contribution >= 4 is 40.4 Å². The van der Waals surface area contributed by atoms with E-state index < -0.39 is 34.6 Å². The summed E-state index contributed by atoms with van der Waals surface area (Å²) in [5, 5.41) is 13.8. The molecule has 0 saturated carbocycles. The molecule has 0 aliphatic heterocycles. The zero-order valence-corrected chi connectivity index (χ0v) is 19.6. The number of anilines is 1. The fraction of sp³-hybridized carbons (Fsp3) is 0.227. The molecule has 1 aromatic carbocycles. The lowest BCUT2D eigenvalue weighted by molar-refractivity contribution is -0.137. The van der Waals surface area contributed by atoms with E-state index in [1.807, 2.05) is 0 Å². The molecule has 0 aliphatic rings. The van der Waals surface area contributed by atoms with Crippen LogP contribution in [0.1, 0.15) is 55.8 Å². The van der Waals surface area contributed by atoms with Gasteiger partial charge in [0.15, 0.2) is 0 Å². The zero-order valence-electron chi connectivity index (χ0n) is 18.0. The third-order valence-electron chi connectivity index (χ3n) is 4.35. The number of halogens is 4. The van der Waals surface area contributed by atoms with Gasteiger partial charge in [-0.3, -0.25) is 9.59 Å². The summed E-state index contributed by atoms with van der Waals surface area (Å²) >= 11 is 6.69. The fourth-order valence-corrected chi connectivity index (χ4v) is 3.80. The Labute approximate surface area is 206 Å². The van der Waals surface area contributed by atoms with E-state index in [1.54, 1.807) is 6.92 Å². The van der Waals surface area contributed by atoms with Crippen LogP contribution in [-0.2, 0) is 6.18 Å². The van der Waals surface area contributed by atoms with Crippen LogP contribution in [0.25, 0.3) is 0 Å². The normalized spacial score (nSPS) is 11.8. The number of aliphatic hydroxyl groups excluding tert-OH is 1. The molecule has 0 saturated heterocycles. The van der Waals surface area contributed by atoms with Gasteiger partial charge in [0, 0.05) is 18.2 Å². The predicted octanol–water partition coefficient (Wildman–Crippen LogP) is 4.08. The molecule has 13 heteroatoms. The van der Waals surface area contributed by atoms with E-state index in [4.69, 9.17) is 16.7 Å². The average molecular weight is 524 g/mol. The summed E-state index contributed by atoms with van der Waals surface area (Å²) in [6, 6.07) is 3.72. The Morgan fingerprint density at radius 1 is 1.20 bits per heavy atom. The average Bonchev–Trinajstić information content (AvgIpc) is 3.29. The van der Waals surface area contributed by atoms with E-state index >= 15 is 0 Å². The Bertz CT molecular complexity index is 1300. The van der Waals surface area contributed by atoms with Crippen molar-refractivity contribution in [1.82, 2.24) is 20.3 Å². The van der Waals surface area contributed by atoms with Gasteiger partial charge in [-0.25, -0.2) is 15.0 Å². The molecule has 2 aromatic heterocycles. The predicted molar refractivity (Wildman–Crippen MR) is 123 cm³/mol. The molecule has 35 heavy (non-hydrogen) atoms. The molecule has 0 aliphatic carbocycles. The highest BCUT2D eigenvalue weighted by atomic mass is 35.5. The van der Waals surface area contributed by atoms with Crippen LogP contribution in [0.4, 0.5) is 18.9 Å². The SMILES string of the molecule is CC(NC(=O)c1cc(C#CCCO)ncn1)c1ncc(C(=O)Nc2ccc(C(F)(F)F)c(Cl)c2)s1. The largest absolute Gasteiger partial charge is 0.417 e. The van der Waals surface area contributed by atoms with Crippen molar-refractivity contribution in [3.8, 4) is 11.8 Å². The van der Waals surface area contributed by atoms with Gasteiger partial charge in [-0.15, -0.1) is 11.3 Å². The summed E-state index contributed by atoms with van der Waals surface area (Å²) in [5.41, 5.74) is -0.516. The zero-order chi connectivity index (χ0) is 25.6. The van der Waals surface area contributed by atoms with Crippen molar-refractivity contribution in [2.75, 3.05) is 11.9 Å². The van der Waals surface area contributed by atoms with Crippen LogP contribution in [0.3, 0.4) is 0 Å².